The van der Waals surface area contributed by atoms with E-state index in [0.717, 1.165) is 34.6 Å². The lowest BCUT2D eigenvalue weighted by Gasteiger charge is -2.48. The highest BCUT2D eigenvalue weighted by Gasteiger charge is 2.59. The van der Waals surface area contributed by atoms with Crippen LogP contribution in [0.25, 0.3) is 10.4 Å². The number of amides is 1. The SMILES string of the molecule is CSCCOC(=O)[C@]1(OCCOCCOCCN=[N+]=[N-])C[C@H](OC(C)=O)[C@@H](NC(C)=O)[C@H]([C@H](OC(C)=O)[C@@H](COC(C)=O)OC(C)=O)O1. The van der Waals surface area contributed by atoms with E-state index in [1.54, 1.807) is 6.26 Å². The van der Waals surface area contributed by atoms with Gasteiger partial charge in [-0.3, -0.25) is 24.0 Å². The van der Waals surface area contributed by atoms with E-state index in [-0.39, 0.29) is 46.2 Å². The summed E-state index contributed by atoms with van der Waals surface area (Å²) < 4.78 is 50.0. The van der Waals surface area contributed by atoms with Gasteiger partial charge in [0.25, 0.3) is 5.79 Å². The highest BCUT2D eigenvalue weighted by Crippen LogP contribution is 2.37. The number of rotatable bonds is 22. The van der Waals surface area contributed by atoms with Crippen molar-refractivity contribution in [3.63, 3.8) is 0 Å². The average Bonchev–Trinajstić information content (AvgIpc) is 2.99. The molecule has 0 aromatic heterocycles. The maximum absolute atomic E-state index is 13.7. The topological polar surface area (TPSA) is 246 Å². The Balaban J connectivity index is 3.58. The molecule has 6 atom stereocenters. The maximum Gasteiger partial charge on any atom is 0.367 e. The monoisotopic (exact) mass is 708 g/mol. The third-order valence-corrected chi connectivity index (χ3v) is 6.74. The fraction of sp³-hybridized carbons (Fsp3) is 0.786. The van der Waals surface area contributed by atoms with Crippen LogP contribution in [0.1, 0.15) is 41.0 Å². The lowest BCUT2D eigenvalue weighted by atomic mass is 9.88. The lowest BCUT2D eigenvalue weighted by molar-refractivity contribution is -0.316. The highest BCUT2D eigenvalue weighted by atomic mass is 32.2. The van der Waals surface area contributed by atoms with Crippen molar-refractivity contribution in [3.8, 4) is 0 Å². The van der Waals surface area contributed by atoms with Crippen LogP contribution >= 0.6 is 11.8 Å². The second-order valence-electron chi connectivity index (χ2n) is 10.1. The van der Waals surface area contributed by atoms with E-state index in [0.29, 0.717) is 5.75 Å². The van der Waals surface area contributed by atoms with Gasteiger partial charge in [0.05, 0.1) is 45.5 Å². The quantitative estimate of drug-likeness (QED) is 0.0404. The van der Waals surface area contributed by atoms with Crippen molar-refractivity contribution >= 4 is 47.5 Å². The van der Waals surface area contributed by atoms with Crippen LogP contribution in [0.2, 0.25) is 0 Å². The van der Waals surface area contributed by atoms with Crippen molar-refractivity contribution < 1.29 is 71.4 Å². The fourth-order valence-corrected chi connectivity index (χ4v) is 4.71. The summed E-state index contributed by atoms with van der Waals surface area (Å²) in [4.78, 5) is 77.2. The van der Waals surface area contributed by atoms with Gasteiger partial charge in [0, 0.05) is 51.8 Å². The normalized spacial score (nSPS) is 21.4. The number of esters is 5. The van der Waals surface area contributed by atoms with Gasteiger partial charge in [-0.2, -0.15) is 11.8 Å². The number of ether oxygens (including phenoxy) is 9. The van der Waals surface area contributed by atoms with Gasteiger partial charge in [0.1, 0.15) is 25.4 Å². The molecular weight excluding hydrogens is 664 g/mol. The van der Waals surface area contributed by atoms with Crippen molar-refractivity contribution in [3.05, 3.63) is 10.4 Å². The summed E-state index contributed by atoms with van der Waals surface area (Å²) in [6, 6.07) is -1.32. The molecule has 0 saturated carbocycles. The summed E-state index contributed by atoms with van der Waals surface area (Å²) in [6.07, 6.45) is -4.88. The molecule has 48 heavy (non-hydrogen) atoms. The van der Waals surface area contributed by atoms with Gasteiger partial charge in [-0.1, -0.05) is 5.11 Å². The molecule has 1 heterocycles. The van der Waals surface area contributed by atoms with Crippen LogP contribution in [-0.2, 0) is 71.4 Å². The van der Waals surface area contributed by atoms with Gasteiger partial charge in [-0.15, -0.1) is 0 Å². The number of thioether (sulfide) groups is 1. The first kappa shape index (κ1) is 42.3. The molecule has 0 aliphatic carbocycles. The Bertz CT molecular complexity index is 1140. The zero-order chi connectivity index (χ0) is 36.1. The Morgan fingerprint density at radius 3 is 2.10 bits per heavy atom. The van der Waals surface area contributed by atoms with Crippen LogP contribution in [0.3, 0.4) is 0 Å². The van der Waals surface area contributed by atoms with E-state index in [2.05, 4.69) is 15.3 Å². The molecule has 1 amide bonds. The zero-order valence-electron chi connectivity index (χ0n) is 27.8. The summed E-state index contributed by atoms with van der Waals surface area (Å²) >= 11 is 1.39. The summed E-state index contributed by atoms with van der Waals surface area (Å²) in [5.74, 6) is -6.91. The molecule has 272 valence electrons. The van der Waals surface area contributed by atoms with Crippen LogP contribution in [-0.4, -0.2) is 137 Å². The molecule has 19 nitrogen and oxygen atoms in total. The zero-order valence-corrected chi connectivity index (χ0v) is 28.6. The van der Waals surface area contributed by atoms with E-state index in [1.165, 1.54) is 11.8 Å². The van der Waals surface area contributed by atoms with Gasteiger partial charge in [0.2, 0.25) is 5.91 Å². The van der Waals surface area contributed by atoms with Gasteiger partial charge >= 0.3 is 29.8 Å². The van der Waals surface area contributed by atoms with Crippen molar-refractivity contribution in [1.29, 1.82) is 0 Å². The second kappa shape index (κ2) is 22.8. The molecule has 0 radical (unpaired) electrons. The van der Waals surface area contributed by atoms with E-state index in [1.807, 2.05) is 0 Å². The van der Waals surface area contributed by atoms with E-state index >= 15 is 0 Å². The van der Waals surface area contributed by atoms with E-state index in [9.17, 15) is 28.8 Å². The van der Waals surface area contributed by atoms with Crippen LogP contribution in [0.15, 0.2) is 5.11 Å². The number of nitrogens with one attached hydrogen (secondary N) is 1. The number of azide groups is 1. The molecule has 0 aromatic rings. The number of nitrogens with zero attached hydrogens (tertiary/aromatic N) is 3. The van der Waals surface area contributed by atoms with Gasteiger partial charge in [0.15, 0.2) is 12.2 Å². The standard InChI is InChI=1S/C28H44N4O15S/c1-17(33)31-24-22(44-19(3)35)15-28(27(38)41-13-14-48-6,43-12-11-40-10-9-39-8-7-30-32-29)47-26(24)25(46-21(5)37)23(45-20(4)36)16-42-18(2)34/h22-26H,7-16H2,1-6H3,(H,31,33)/t22-,23+,24+,25+,26+,28-/m0/s1. The Labute approximate surface area is 281 Å². The van der Waals surface area contributed by atoms with Crippen LogP contribution in [0.4, 0.5) is 0 Å². The molecule has 1 aliphatic rings. The summed E-state index contributed by atoms with van der Waals surface area (Å²) in [5, 5.41) is 5.95. The first-order valence-corrected chi connectivity index (χ1v) is 16.2. The number of carbonyl (C=O) groups excluding carboxylic acids is 6. The highest BCUT2D eigenvalue weighted by molar-refractivity contribution is 7.98. The first-order valence-electron chi connectivity index (χ1n) is 14.8. The minimum atomic E-state index is -2.34. The molecule has 0 bridgehead atoms. The molecular formula is C28H44N4O15S. The average molecular weight is 709 g/mol. The van der Waals surface area contributed by atoms with Gasteiger partial charge in [-0.05, 0) is 11.8 Å². The molecule has 1 saturated heterocycles. The Morgan fingerprint density at radius 2 is 1.54 bits per heavy atom. The summed E-state index contributed by atoms with van der Waals surface area (Å²) in [7, 11) is 0. The first-order chi connectivity index (χ1) is 22.8. The van der Waals surface area contributed by atoms with Crippen molar-refractivity contribution in [2.75, 3.05) is 64.8 Å². The summed E-state index contributed by atoms with van der Waals surface area (Å²) in [5.41, 5.74) is 8.31. The predicted molar refractivity (Wildman–Crippen MR) is 164 cm³/mol. The molecule has 1 N–H and O–H groups in total. The predicted octanol–water partition coefficient (Wildman–Crippen LogP) is 0.601. The third kappa shape index (κ3) is 15.9. The smallest absolute Gasteiger partial charge is 0.367 e. The third-order valence-electron chi connectivity index (χ3n) is 6.16. The number of hydrogen-bond acceptors (Lipinski definition) is 17. The Kier molecular flexibility index (Phi) is 20.1. The van der Waals surface area contributed by atoms with Gasteiger partial charge in [-0.25, -0.2) is 4.79 Å². The molecule has 0 aromatic carbocycles. The Morgan fingerprint density at radius 1 is 0.896 bits per heavy atom. The second-order valence-corrected chi connectivity index (χ2v) is 11.1. The lowest BCUT2D eigenvalue weighted by Crippen LogP contribution is -2.69. The molecule has 0 spiro atoms. The maximum atomic E-state index is 13.7. The minimum Gasteiger partial charge on any atom is -0.462 e. The fourth-order valence-electron chi connectivity index (χ4n) is 4.46. The van der Waals surface area contributed by atoms with Crippen LogP contribution in [0.5, 0.6) is 0 Å². The number of carbonyl (C=O) groups is 6. The van der Waals surface area contributed by atoms with Crippen molar-refractivity contribution in [2.24, 2.45) is 5.11 Å². The summed E-state index contributed by atoms with van der Waals surface area (Å²) in [6.45, 7) is 5.03. The number of hydrogen-bond donors (Lipinski definition) is 1. The van der Waals surface area contributed by atoms with Gasteiger partial charge < -0.3 is 47.9 Å². The molecule has 0 unspecified atom stereocenters. The van der Waals surface area contributed by atoms with Crippen LogP contribution < -0.4 is 5.32 Å². The molecule has 1 fully saturated rings. The van der Waals surface area contributed by atoms with Crippen LogP contribution in [0, 0.1) is 0 Å². The van der Waals surface area contributed by atoms with Crippen molar-refractivity contribution in [2.45, 2.75) is 77.3 Å². The molecule has 1 rings (SSSR count). The van der Waals surface area contributed by atoms with E-state index < -0.39 is 85.0 Å². The van der Waals surface area contributed by atoms with E-state index in [4.69, 9.17) is 48.2 Å². The largest absolute Gasteiger partial charge is 0.462 e. The minimum absolute atomic E-state index is 0.0634. The molecule has 20 heteroatoms. The Hall–Kier alpha value is -3.68. The van der Waals surface area contributed by atoms with Crippen molar-refractivity contribution in [1.82, 2.24) is 5.32 Å². The molecule has 1 aliphatic heterocycles.